The van der Waals surface area contributed by atoms with E-state index >= 15 is 0 Å². The highest BCUT2D eigenvalue weighted by Crippen LogP contribution is 2.37. The summed E-state index contributed by atoms with van der Waals surface area (Å²) in [6.45, 7) is 12.7. The Kier molecular flexibility index (Phi) is 5.49. The molecular weight excluding hydrogens is 248 g/mol. The van der Waals surface area contributed by atoms with Crippen LogP contribution in [-0.2, 0) is 4.74 Å². The average molecular weight is 282 g/mol. The second kappa shape index (κ2) is 6.76. The predicted molar refractivity (Wildman–Crippen MR) is 85.0 cm³/mol. The summed E-state index contributed by atoms with van der Waals surface area (Å²) in [6, 6.07) is 1.43. The first kappa shape index (κ1) is 16.3. The van der Waals surface area contributed by atoms with Gasteiger partial charge >= 0.3 is 0 Å². The smallest absolute Gasteiger partial charge is 0.0634 e. The Hall–Kier alpha value is -0.120. The standard InChI is InChI=1S/C17H34N2O/c1-6-13(2)15-12-19(10-9-17(3,4)20-5)16(11-18-15)14-7-8-14/h13-16,18H,6-12H2,1-5H3. The molecule has 3 nitrogen and oxygen atoms in total. The van der Waals surface area contributed by atoms with Crippen LogP contribution in [0.3, 0.4) is 0 Å². The molecule has 0 aromatic heterocycles. The van der Waals surface area contributed by atoms with Gasteiger partial charge in [-0.15, -0.1) is 0 Å². The molecule has 1 saturated heterocycles. The lowest BCUT2D eigenvalue weighted by molar-refractivity contribution is -0.00352. The summed E-state index contributed by atoms with van der Waals surface area (Å²) in [4.78, 5) is 2.76. The lowest BCUT2D eigenvalue weighted by Crippen LogP contribution is -2.59. The molecule has 3 atom stereocenters. The predicted octanol–water partition coefficient (Wildman–Crippen LogP) is 2.90. The summed E-state index contributed by atoms with van der Waals surface area (Å²) in [5, 5.41) is 3.81. The second-order valence-electron chi connectivity index (χ2n) is 7.51. The topological polar surface area (TPSA) is 24.5 Å². The average Bonchev–Trinajstić information content (AvgIpc) is 3.28. The summed E-state index contributed by atoms with van der Waals surface area (Å²) in [6.07, 6.45) is 5.26. The maximum Gasteiger partial charge on any atom is 0.0634 e. The molecule has 0 spiro atoms. The molecule has 0 aromatic rings. The fourth-order valence-electron chi connectivity index (χ4n) is 3.24. The molecule has 20 heavy (non-hydrogen) atoms. The van der Waals surface area contributed by atoms with Crippen molar-refractivity contribution < 1.29 is 4.74 Å². The zero-order valence-electron chi connectivity index (χ0n) is 14.1. The van der Waals surface area contributed by atoms with Crippen LogP contribution in [0.15, 0.2) is 0 Å². The van der Waals surface area contributed by atoms with Crippen molar-refractivity contribution in [3.63, 3.8) is 0 Å². The van der Waals surface area contributed by atoms with Gasteiger partial charge in [-0.1, -0.05) is 20.3 Å². The van der Waals surface area contributed by atoms with Crippen LogP contribution in [0.25, 0.3) is 0 Å². The molecule has 3 heteroatoms. The van der Waals surface area contributed by atoms with Crippen molar-refractivity contribution in [1.29, 1.82) is 0 Å². The molecule has 2 fully saturated rings. The van der Waals surface area contributed by atoms with E-state index in [4.69, 9.17) is 4.74 Å². The molecule has 0 aromatic carbocycles. The Bertz CT molecular complexity index is 301. The molecule has 1 saturated carbocycles. The van der Waals surface area contributed by atoms with Crippen LogP contribution in [0.2, 0.25) is 0 Å². The van der Waals surface area contributed by atoms with E-state index in [1.54, 1.807) is 0 Å². The molecule has 0 radical (unpaired) electrons. The van der Waals surface area contributed by atoms with E-state index in [1.807, 2.05) is 7.11 Å². The number of ether oxygens (including phenoxy) is 1. The first-order valence-corrected chi connectivity index (χ1v) is 8.49. The number of nitrogens with one attached hydrogen (secondary N) is 1. The van der Waals surface area contributed by atoms with Gasteiger partial charge in [-0.3, -0.25) is 4.90 Å². The normalized spacial score (nSPS) is 30.4. The summed E-state index contributed by atoms with van der Waals surface area (Å²) < 4.78 is 5.59. The van der Waals surface area contributed by atoms with Gasteiger partial charge in [0.1, 0.15) is 0 Å². The molecule has 1 aliphatic carbocycles. The van der Waals surface area contributed by atoms with Gasteiger partial charge in [-0.25, -0.2) is 0 Å². The fraction of sp³-hybridized carbons (Fsp3) is 1.00. The third kappa shape index (κ3) is 4.19. The SMILES string of the molecule is CCC(C)C1CN(CCC(C)(C)OC)C(C2CC2)CN1. The minimum absolute atomic E-state index is 0.00481. The molecular formula is C17H34N2O. The molecule has 2 aliphatic rings. The summed E-state index contributed by atoms with van der Waals surface area (Å²) >= 11 is 0. The number of hydrogen-bond acceptors (Lipinski definition) is 3. The van der Waals surface area contributed by atoms with Crippen LogP contribution in [0.1, 0.15) is 53.4 Å². The van der Waals surface area contributed by atoms with Crippen molar-refractivity contribution >= 4 is 0 Å². The summed E-state index contributed by atoms with van der Waals surface area (Å²) in [5.41, 5.74) is 0.00481. The zero-order valence-corrected chi connectivity index (χ0v) is 14.1. The molecule has 2 rings (SSSR count). The lowest BCUT2D eigenvalue weighted by Gasteiger charge is -2.43. The molecule has 1 N–H and O–H groups in total. The van der Waals surface area contributed by atoms with Gasteiger partial charge in [0, 0.05) is 38.8 Å². The molecule has 118 valence electrons. The van der Waals surface area contributed by atoms with E-state index in [0.29, 0.717) is 6.04 Å². The number of methoxy groups -OCH3 is 1. The maximum atomic E-state index is 5.59. The highest BCUT2D eigenvalue weighted by molar-refractivity contribution is 4.96. The van der Waals surface area contributed by atoms with Crippen LogP contribution >= 0.6 is 0 Å². The third-order valence-corrected chi connectivity index (χ3v) is 5.54. The molecule has 3 unspecified atom stereocenters. The van der Waals surface area contributed by atoms with Gasteiger partial charge in [0.2, 0.25) is 0 Å². The summed E-state index contributed by atoms with van der Waals surface area (Å²) in [7, 11) is 1.83. The van der Waals surface area contributed by atoms with Crippen LogP contribution in [0.4, 0.5) is 0 Å². The first-order valence-electron chi connectivity index (χ1n) is 8.49. The van der Waals surface area contributed by atoms with Gasteiger partial charge in [0.15, 0.2) is 0 Å². The number of hydrogen-bond donors (Lipinski definition) is 1. The monoisotopic (exact) mass is 282 g/mol. The molecule has 0 amide bonds. The Morgan fingerprint density at radius 1 is 1.35 bits per heavy atom. The molecule has 0 bridgehead atoms. The van der Waals surface area contributed by atoms with Crippen LogP contribution < -0.4 is 5.32 Å². The largest absolute Gasteiger partial charge is 0.379 e. The van der Waals surface area contributed by atoms with Crippen molar-refractivity contribution in [2.75, 3.05) is 26.7 Å². The van der Waals surface area contributed by atoms with Crippen molar-refractivity contribution in [1.82, 2.24) is 10.2 Å². The van der Waals surface area contributed by atoms with Crippen LogP contribution in [-0.4, -0.2) is 49.3 Å². The third-order valence-electron chi connectivity index (χ3n) is 5.54. The van der Waals surface area contributed by atoms with E-state index in [0.717, 1.165) is 24.3 Å². The number of piperazine rings is 1. The second-order valence-corrected chi connectivity index (χ2v) is 7.51. The van der Waals surface area contributed by atoms with E-state index in [1.165, 1.54) is 38.9 Å². The van der Waals surface area contributed by atoms with E-state index < -0.39 is 0 Å². The van der Waals surface area contributed by atoms with Gasteiger partial charge in [-0.05, 0) is 44.9 Å². The summed E-state index contributed by atoms with van der Waals surface area (Å²) in [5.74, 6) is 1.72. The van der Waals surface area contributed by atoms with Crippen molar-refractivity contribution in [2.45, 2.75) is 71.1 Å². The van der Waals surface area contributed by atoms with Gasteiger partial charge < -0.3 is 10.1 Å². The minimum Gasteiger partial charge on any atom is -0.379 e. The maximum absolute atomic E-state index is 5.59. The lowest BCUT2D eigenvalue weighted by atomic mass is 9.93. The van der Waals surface area contributed by atoms with Gasteiger partial charge in [0.25, 0.3) is 0 Å². The van der Waals surface area contributed by atoms with Crippen molar-refractivity contribution in [3.8, 4) is 0 Å². The van der Waals surface area contributed by atoms with Gasteiger partial charge in [0.05, 0.1) is 5.60 Å². The fourth-order valence-corrected chi connectivity index (χ4v) is 3.24. The highest BCUT2D eigenvalue weighted by atomic mass is 16.5. The Balaban J connectivity index is 1.92. The molecule has 1 aliphatic heterocycles. The van der Waals surface area contributed by atoms with Gasteiger partial charge in [-0.2, -0.15) is 0 Å². The Labute approximate surface area is 125 Å². The van der Waals surface area contributed by atoms with Crippen LogP contribution in [0.5, 0.6) is 0 Å². The first-order chi connectivity index (χ1) is 9.46. The highest BCUT2D eigenvalue weighted by Gasteiger charge is 2.39. The van der Waals surface area contributed by atoms with Crippen molar-refractivity contribution in [2.24, 2.45) is 11.8 Å². The molecule has 1 heterocycles. The van der Waals surface area contributed by atoms with E-state index in [2.05, 4.69) is 37.9 Å². The van der Waals surface area contributed by atoms with Crippen LogP contribution in [0, 0.1) is 11.8 Å². The quantitative estimate of drug-likeness (QED) is 0.777. The van der Waals surface area contributed by atoms with Crippen molar-refractivity contribution in [3.05, 3.63) is 0 Å². The Morgan fingerprint density at radius 2 is 2.05 bits per heavy atom. The number of nitrogens with zero attached hydrogens (tertiary/aromatic N) is 1. The zero-order chi connectivity index (χ0) is 14.8. The van der Waals surface area contributed by atoms with E-state index in [-0.39, 0.29) is 5.60 Å². The minimum atomic E-state index is 0.00481. The van der Waals surface area contributed by atoms with E-state index in [9.17, 15) is 0 Å². The number of rotatable bonds is 7. The Morgan fingerprint density at radius 3 is 2.60 bits per heavy atom.